The molecule has 25 heavy (non-hydrogen) atoms. The highest BCUT2D eigenvalue weighted by Gasteiger charge is 2.28. The zero-order valence-electron chi connectivity index (χ0n) is 14.3. The van der Waals surface area contributed by atoms with Crippen molar-refractivity contribution in [2.45, 2.75) is 63.5 Å². The molecule has 1 heterocycles. The van der Waals surface area contributed by atoms with Crippen LogP contribution in [0.4, 0.5) is 10.5 Å². The number of aromatic nitrogens is 4. The van der Waals surface area contributed by atoms with Gasteiger partial charge in [0.2, 0.25) is 0 Å². The highest BCUT2D eigenvalue weighted by Crippen LogP contribution is 2.36. The van der Waals surface area contributed by atoms with Crippen molar-refractivity contribution in [3.05, 3.63) is 24.3 Å². The number of amides is 2. The molecule has 0 unspecified atom stereocenters. The third kappa shape index (κ3) is 3.97. The Morgan fingerprint density at radius 3 is 2.40 bits per heavy atom. The number of urea groups is 1. The Morgan fingerprint density at radius 1 is 1.00 bits per heavy atom. The molecule has 2 aliphatic carbocycles. The fourth-order valence-electron chi connectivity index (χ4n) is 3.43. The number of hydrogen-bond donors (Lipinski definition) is 2. The molecule has 1 aromatic carbocycles. The summed E-state index contributed by atoms with van der Waals surface area (Å²) >= 11 is 0. The zero-order chi connectivity index (χ0) is 17.1. The van der Waals surface area contributed by atoms with Gasteiger partial charge in [0.05, 0.1) is 6.04 Å². The number of nitrogens with one attached hydrogen (secondary N) is 2. The van der Waals surface area contributed by atoms with E-state index in [1.165, 1.54) is 25.7 Å². The van der Waals surface area contributed by atoms with Crippen LogP contribution in [-0.4, -0.2) is 32.3 Å². The smallest absolute Gasteiger partial charge is 0.319 e. The number of rotatable bonds is 4. The van der Waals surface area contributed by atoms with Crippen LogP contribution in [0.2, 0.25) is 0 Å². The van der Waals surface area contributed by atoms with Gasteiger partial charge in [-0.2, -0.15) is 0 Å². The minimum atomic E-state index is -0.123. The molecule has 2 aromatic rings. The van der Waals surface area contributed by atoms with Crippen LogP contribution in [0, 0.1) is 0 Å². The monoisotopic (exact) mass is 340 g/mol. The van der Waals surface area contributed by atoms with E-state index in [4.69, 9.17) is 0 Å². The fourth-order valence-corrected chi connectivity index (χ4v) is 3.43. The summed E-state index contributed by atoms with van der Waals surface area (Å²) in [5, 5.41) is 18.0. The Kier molecular flexibility index (Phi) is 4.63. The van der Waals surface area contributed by atoms with Crippen LogP contribution in [0.15, 0.2) is 24.3 Å². The topological polar surface area (TPSA) is 84.7 Å². The summed E-state index contributed by atoms with van der Waals surface area (Å²) in [5.74, 6) is 0.789. The molecule has 0 bridgehead atoms. The Hall–Kier alpha value is -2.44. The molecule has 2 amide bonds. The maximum atomic E-state index is 12.2. The summed E-state index contributed by atoms with van der Waals surface area (Å²) in [4.78, 5) is 12.2. The van der Waals surface area contributed by atoms with E-state index < -0.39 is 0 Å². The number of nitrogens with zero attached hydrogens (tertiary/aromatic N) is 4. The lowest BCUT2D eigenvalue weighted by molar-refractivity contribution is 0.247. The first-order valence-corrected chi connectivity index (χ1v) is 9.25. The van der Waals surface area contributed by atoms with E-state index in [1.807, 2.05) is 28.9 Å². The summed E-state index contributed by atoms with van der Waals surface area (Å²) in [6, 6.07) is 8.31. The first-order valence-electron chi connectivity index (χ1n) is 9.25. The largest absolute Gasteiger partial charge is 0.335 e. The van der Waals surface area contributed by atoms with E-state index in [1.54, 1.807) is 0 Å². The van der Waals surface area contributed by atoms with Crippen molar-refractivity contribution < 1.29 is 4.79 Å². The molecule has 0 spiro atoms. The molecule has 0 aliphatic heterocycles. The quantitative estimate of drug-likeness (QED) is 0.834. The van der Waals surface area contributed by atoms with Crippen LogP contribution < -0.4 is 10.6 Å². The van der Waals surface area contributed by atoms with E-state index in [-0.39, 0.29) is 6.03 Å². The normalized spacial score (nSPS) is 18.6. The molecule has 2 N–H and O–H groups in total. The maximum Gasteiger partial charge on any atom is 0.319 e. The van der Waals surface area contributed by atoms with Crippen molar-refractivity contribution in [1.29, 1.82) is 0 Å². The third-order valence-electron chi connectivity index (χ3n) is 4.98. The average molecular weight is 340 g/mol. The van der Waals surface area contributed by atoms with E-state index >= 15 is 0 Å². The van der Waals surface area contributed by atoms with Gasteiger partial charge in [0.15, 0.2) is 5.82 Å². The van der Waals surface area contributed by atoms with Crippen molar-refractivity contribution >= 4 is 11.7 Å². The molecule has 0 atom stereocenters. The summed E-state index contributed by atoms with van der Waals surface area (Å²) in [6.07, 6.45) is 9.40. The molecule has 4 rings (SSSR count). The molecular weight excluding hydrogens is 316 g/mol. The summed E-state index contributed by atoms with van der Waals surface area (Å²) < 4.78 is 1.89. The molecule has 7 heteroatoms. The van der Waals surface area contributed by atoms with Gasteiger partial charge in [0.1, 0.15) is 0 Å². The Balaban J connectivity index is 1.36. The molecule has 132 valence electrons. The molecule has 1 aromatic heterocycles. The number of carbonyl (C=O) groups excluding carboxylic acids is 1. The molecular formula is C18H24N6O. The van der Waals surface area contributed by atoms with Crippen LogP contribution in [0.25, 0.3) is 11.4 Å². The van der Waals surface area contributed by atoms with Crippen molar-refractivity contribution in [3.63, 3.8) is 0 Å². The first-order chi connectivity index (χ1) is 12.3. The maximum absolute atomic E-state index is 12.2. The minimum absolute atomic E-state index is 0.123. The van der Waals surface area contributed by atoms with Gasteiger partial charge in [-0.1, -0.05) is 25.7 Å². The highest BCUT2D eigenvalue weighted by molar-refractivity contribution is 5.89. The van der Waals surface area contributed by atoms with Crippen LogP contribution in [0.3, 0.4) is 0 Å². The van der Waals surface area contributed by atoms with E-state index in [2.05, 4.69) is 26.2 Å². The van der Waals surface area contributed by atoms with Gasteiger partial charge in [0.25, 0.3) is 0 Å². The van der Waals surface area contributed by atoms with E-state index in [0.29, 0.717) is 12.1 Å². The molecule has 0 radical (unpaired) electrons. The van der Waals surface area contributed by atoms with Gasteiger partial charge in [-0.25, -0.2) is 9.48 Å². The standard InChI is InChI=1S/C18H24N6O/c25-18(19-14-5-3-1-2-4-6-14)20-15-9-7-13(8-10-15)17-21-22-23-24(17)16-11-12-16/h7-10,14,16H,1-6,11-12H2,(H2,19,20,25). The first kappa shape index (κ1) is 16.1. The SMILES string of the molecule is O=C(Nc1ccc(-c2nnnn2C2CC2)cc1)NC1CCCCCC1. The summed E-state index contributed by atoms with van der Waals surface area (Å²) in [5.41, 5.74) is 1.74. The number of anilines is 1. The van der Waals surface area contributed by atoms with Crippen molar-refractivity contribution in [2.75, 3.05) is 5.32 Å². The van der Waals surface area contributed by atoms with Gasteiger partial charge in [-0.05, 0) is 60.4 Å². The number of tetrazole rings is 1. The van der Waals surface area contributed by atoms with Gasteiger partial charge in [-0.15, -0.1) is 5.10 Å². The number of hydrogen-bond acceptors (Lipinski definition) is 4. The second-order valence-corrected chi connectivity index (χ2v) is 7.04. The molecule has 0 saturated heterocycles. The van der Waals surface area contributed by atoms with Crippen molar-refractivity contribution in [1.82, 2.24) is 25.5 Å². The predicted molar refractivity (Wildman–Crippen MR) is 95.2 cm³/mol. The fraction of sp³-hybridized carbons (Fsp3) is 0.556. The van der Waals surface area contributed by atoms with E-state index in [0.717, 1.165) is 42.8 Å². The van der Waals surface area contributed by atoms with E-state index in [9.17, 15) is 4.79 Å². The predicted octanol–water partition coefficient (Wildman–Crippen LogP) is 3.52. The zero-order valence-corrected chi connectivity index (χ0v) is 14.3. The molecule has 2 aliphatic rings. The van der Waals surface area contributed by atoms with Crippen LogP contribution in [0.1, 0.15) is 57.4 Å². The van der Waals surface area contributed by atoms with Crippen LogP contribution in [-0.2, 0) is 0 Å². The van der Waals surface area contributed by atoms with Crippen molar-refractivity contribution in [3.8, 4) is 11.4 Å². The summed E-state index contributed by atoms with van der Waals surface area (Å²) in [6.45, 7) is 0. The molecule has 2 saturated carbocycles. The van der Waals surface area contributed by atoms with Gasteiger partial charge >= 0.3 is 6.03 Å². The second-order valence-electron chi connectivity index (χ2n) is 7.04. The average Bonchev–Trinajstić information content (AvgIpc) is 3.40. The van der Waals surface area contributed by atoms with Gasteiger partial charge in [-0.3, -0.25) is 0 Å². The van der Waals surface area contributed by atoms with Crippen LogP contribution in [0.5, 0.6) is 0 Å². The Bertz CT molecular complexity index is 713. The van der Waals surface area contributed by atoms with Crippen LogP contribution >= 0.6 is 0 Å². The highest BCUT2D eigenvalue weighted by atomic mass is 16.2. The van der Waals surface area contributed by atoms with Crippen molar-refractivity contribution in [2.24, 2.45) is 0 Å². The summed E-state index contributed by atoms with van der Waals surface area (Å²) in [7, 11) is 0. The lowest BCUT2D eigenvalue weighted by Gasteiger charge is -2.16. The third-order valence-corrected chi connectivity index (χ3v) is 4.98. The Morgan fingerprint density at radius 2 is 1.72 bits per heavy atom. The number of benzene rings is 1. The van der Waals surface area contributed by atoms with Gasteiger partial charge < -0.3 is 10.6 Å². The number of carbonyl (C=O) groups is 1. The lowest BCUT2D eigenvalue weighted by Crippen LogP contribution is -2.37. The Labute approximate surface area is 147 Å². The van der Waals surface area contributed by atoms with Gasteiger partial charge in [0, 0.05) is 17.3 Å². The minimum Gasteiger partial charge on any atom is -0.335 e. The molecule has 7 nitrogen and oxygen atoms in total. The molecule has 2 fully saturated rings. The lowest BCUT2D eigenvalue weighted by atomic mass is 10.1. The second kappa shape index (κ2) is 7.21.